The van der Waals surface area contributed by atoms with Crippen LogP contribution in [0.2, 0.25) is 0 Å². The number of nitrogens with zero attached hydrogens (tertiary/aromatic N) is 1. The van der Waals surface area contributed by atoms with Crippen molar-refractivity contribution in [2.75, 3.05) is 13.1 Å². The van der Waals surface area contributed by atoms with E-state index in [2.05, 4.69) is 0 Å². The van der Waals surface area contributed by atoms with Crippen LogP contribution in [0.25, 0.3) is 0 Å². The Balaban J connectivity index is 1.99. The van der Waals surface area contributed by atoms with E-state index in [1.54, 1.807) is 6.92 Å². The molecule has 1 aromatic rings. The number of benzene rings is 1. The van der Waals surface area contributed by atoms with E-state index >= 15 is 0 Å². The van der Waals surface area contributed by atoms with E-state index in [0.29, 0.717) is 5.75 Å². The van der Waals surface area contributed by atoms with Gasteiger partial charge in [0.05, 0.1) is 0 Å². The zero-order valence-corrected chi connectivity index (χ0v) is 11.6. The van der Waals surface area contributed by atoms with Crippen LogP contribution in [0.15, 0.2) is 24.3 Å². The van der Waals surface area contributed by atoms with Gasteiger partial charge in [-0.1, -0.05) is 12.1 Å². The molecule has 19 heavy (non-hydrogen) atoms. The molecule has 1 aliphatic rings. The summed E-state index contributed by atoms with van der Waals surface area (Å²) in [5.41, 5.74) is 6.85. The van der Waals surface area contributed by atoms with E-state index in [9.17, 15) is 4.79 Å². The highest BCUT2D eigenvalue weighted by Crippen LogP contribution is 2.19. The van der Waals surface area contributed by atoms with Gasteiger partial charge in [-0.15, -0.1) is 0 Å². The molecular formula is C15H22N2O2. The highest BCUT2D eigenvalue weighted by Gasteiger charge is 2.24. The third kappa shape index (κ3) is 3.47. The van der Waals surface area contributed by atoms with E-state index in [0.717, 1.165) is 31.5 Å². The summed E-state index contributed by atoms with van der Waals surface area (Å²) in [5.74, 6) is 0.776. The summed E-state index contributed by atoms with van der Waals surface area (Å²) in [7, 11) is 0. The molecule has 1 heterocycles. The van der Waals surface area contributed by atoms with E-state index in [4.69, 9.17) is 10.5 Å². The number of rotatable bonds is 4. The van der Waals surface area contributed by atoms with Gasteiger partial charge in [0.2, 0.25) is 0 Å². The molecule has 4 nitrogen and oxygen atoms in total. The summed E-state index contributed by atoms with van der Waals surface area (Å²) in [6.45, 7) is 5.44. The molecule has 0 bridgehead atoms. The minimum absolute atomic E-state index is 0.0341. The number of likely N-dealkylation sites (tertiary alicyclic amines) is 1. The van der Waals surface area contributed by atoms with Crippen LogP contribution in [0, 0.1) is 0 Å². The van der Waals surface area contributed by atoms with E-state index in [1.807, 2.05) is 36.1 Å². The normalized spacial score (nSPS) is 18.2. The Labute approximate surface area is 114 Å². The lowest BCUT2D eigenvalue weighted by Gasteiger charge is -2.21. The molecule has 0 saturated carbocycles. The van der Waals surface area contributed by atoms with Crippen molar-refractivity contribution in [2.45, 2.75) is 38.8 Å². The number of hydrogen-bond donors (Lipinski definition) is 1. The van der Waals surface area contributed by atoms with Crippen LogP contribution in [0.3, 0.4) is 0 Å². The Hall–Kier alpha value is -1.55. The Bertz CT molecular complexity index is 440. The maximum absolute atomic E-state index is 12.1. The lowest BCUT2D eigenvalue weighted by molar-refractivity contribution is -0.136. The quantitative estimate of drug-likeness (QED) is 0.904. The predicted octanol–water partition coefficient (Wildman–Crippen LogP) is 2.10. The number of carbonyl (C=O) groups excluding carboxylic acids is 1. The second-order valence-electron chi connectivity index (χ2n) is 5.15. The van der Waals surface area contributed by atoms with Gasteiger partial charge in [0.15, 0.2) is 6.10 Å². The summed E-state index contributed by atoms with van der Waals surface area (Å²) in [6.07, 6.45) is 1.75. The molecule has 0 aliphatic carbocycles. The van der Waals surface area contributed by atoms with Crippen molar-refractivity contribution in [3.05, 3.63) is 29.8 Å². The van der Waals surface area contributed by atoms with Gasteiger partial charge in [0.1, 0.15) is 5.75 Å². The van der Waals surface area contributed by atoms with E-state index in [1.165, 1.54) is 0 Å². The maximum atomic E-state index is 12.1. The van der Waals surface area contributed by atoms with Gasteiger partial charge in [-0.2, -0.15) is 0 Å². The molecule has 1 aliphatic heterocycles. The molecule has 1 saturated heterocycles. The number of carbonyl (C=O) groups is 1. The van der Waals surface area contributed by atoms with E-state index in [-0.39, 0.29) is 11.9 Å². The molecule has 2 N–H and O–H groups in total. The van der Waals surface area contributed by atoms with Crippen molar-refractivity contribution in [1.29, 1.82) is 0 Å². The Morgan fingerprint density at radius 2 is 2.00 bits per heavy atom. The third-order valence-corrected chi connectivity index (χ3v) is 3.46. The Morgan fingerprint density at radius 1 is 1.32 bits per heavy atom. The topological polar surface area (TPSA) is 55.6 Å². The highest BCUT2D eigenvalue weighted by molar-refractivity contribution is 5.81. The second kappa shape index (κ2) is 6.06. The predicted molar refractivity (Wildman–Crippen MR) is 74.9 cm³/mol. The van der Waals surface area contributed by atoms with E-state index < -0.39 is 6.10 Å². The van der Waals surface area contributed by atoms with Crippen molar-refractivity contribution < 1.29 is 9.53 Å². The van der Waals surface area contributed by atoms with Crippen LogP contribution in [0.5, 0.6) is 5.75 Å². The van der Waals surface area contributed by atoms with Crippen molar-refractivity contribution in [3.63, 3.8) is 0 Å². The van der Waals surface area contributed by atoms with Gasteiger partial charge in [-0.25, -0.2) is 0 Å². The van der Waals surface area contributed by atoms with Crippen molar-refractivity contribution in [2.24, 2.45) is 5.73 Å². The molecule has 1 amide bonds. The molecule has 2 rings (SSSR count). The first-order valence-corrected chi connectivity index (χ1v) is 6.89. The molecule has 1 unspecified atom stereocenters. The SMILES string of the molecule is CC(Oc1cccc([C@H](C)N)c1)C(=O)N1CCCC1. The minimum atomic E-state index is -0.443. The molecule has 1 aromatic carbocycles. The first-order chi connectivity index (χ1) is 9.08. The molecule has 0 radical (unpaired) electrons. The van der Waals surface area contributed by atoms with Gasteiger partial charge in [-0.05, 0) is 44.4 Å². The fourth-order valence-corrected chi connectivity index (χ4v) is 2.32. The largest absolute Gasteiger partial charge is 0.481 e. The maximum Gasteiger partial charge on any atom is 0.263 e. The highest BCUT2D eigenvalue weighted by atomic mass is 16.5. The number of amides is 1. The molecule has 2 atom stereocenters. The summed E-state index contributed by atoms with van der Waals surface area (Å²) >= 11 is 0. The Kier molecular flexibility index (Phi) is 4.43. The summed E-state index contributed by atoms with van der Waals surface area (Å²) < 4.78 is 5.73. The van der Waals surface area contributed by atoms with Crippen LogP contribution < -0.4 is 10.5 Å². The zero-order valence-electron chi connectivity index (χ0n) is 11.6. The fourth-order valence-electron chi connectivity index (χ4n) is 2.32. The van der Waals surface area contributed by atoms with Crippen LogP contribution in [-0.2, 0) is 4.79 Å². The monoisotopic (exact) mass is 262 g/mol. The second-order valence-corrected chi connectivity index (χ2v) is 5.15. The first kappa shape index (κ1) is 13.9. The molecule has 0 aromatic heterocycles. The lowest BCUT2D eigenvalue weighted by Crippen LogP contribution is -2.38. The summed E-state index contributed by atoms with van der Waals surface area (Å²) in [4.78, 5) is 14.0. The molecule has 4 heteroatoms. The summed E-state index contributed by atoms with van der Waals surface area (Å²) in [6, 6.07) is 7.59. The van der Waals surface area contributed by atoms with Gasteiger partial charge in [-0.3, -0.25) is 4.79 Å². The zero-order chi connectivity index (χ0) is 13.8. The van der Waals surface area contributed by atoms with Crippen molar-refractivity contribution in [3.8, 4) is 5.75 Å². The molecule has 1 fully saturated rings. The van der Waals surface area contributed by atoms with Crippen molar-refractivity contribution in [1.82, 2.24) is 4.90 Å². The van der Waals surface area contributed by atoms with Gasteiger partial charge in [0, 0.05) is 19.1 Å². The van der Waals surface area contributed by atoms with Gasteiger partial charge < -0.3 is 15.4 Å². The average Bonchev–Trinajstić information content (AvgIpc) is 2.92. The van der Waals surface area contributed by atoms with Gasteiger partial charge >= 0.3 is 0 Å². The Morgan fingerprint density at radius 3 is 2.63 bits per heavy atom. The average molecular weight is 262 g/mol. The minimum Gasteiger partial charge on any atom is -0.481 e. The first-order valence-electron chi connectivity index (χ1n) is 6.89. The fraction of sp³-hybridized carbons (Fsp3) is 0.533. The third-order valence-electron chi connectivity index (χ3n) is 3.46. The van der Waals surface area contributed by atoms with Crippen LogP contribution in [0.1, 0.15) is 38.3 Å². The van der Waals surface area contributed by atoms with Crippen LogP contribution in [-0.4, -0.2) is 30.0 Å². The van der Waals surface area contributed by atoms with Crippen molar-refractivity contribution >= 4 is 5.91 Å². The molecule has 104 valence electrons. The smallest absolute Gasteiger partial charge is 0.263 e. The van der Waals surface area contributed by atoms with Gasteiger partial charge in [0.25, 0.3) is 5.91 Å². The number of hydrogen-bond acceptors (Lipinski definition) is 3. The number of nitrogens with two attached hydrogens (primary N) is 1. The van der Waals surface area contributed by atoms with Crippen LogP contribution >= 0.6 is 0 Å². The standard InChI is InChI=1S/C15H22N2O2/c1-11(16)13-6-5-7-14(10-13)19-12(2)15(18)17-8-3-4-9-17/h5-7,10-12H,3-4,8-9,16H2,1-2H3/t11-,12?/m0/s1. The lowest BCUT2D eigenvalue weighted by atomic mass is 10.1. The molecule has 0 spiro atoms. The summed E-state index contributed by atoms with van der Waals surface area (Å²) in [5, 5.41) is 0. The molecular weight excluding hydrogens is 240 g/mol. The number of ether oxygens (including phenoxy) is 1. The van der Waals surface area contributed by atoms with Crippen LogP contribution in [0.4, 0.5) is 0 Å².